The lowest BCUT2D eigenvalue weighted by Gasteiger charge is -2.36. The maximum absolute atomic E-state index is 14.1. The molecular weight excluding hydrogens is 616 g/mol. The normalized spacial score (nSPS) is 21.0. The van der Waals surface area contributed by atoms with E-state index in [1.165, 1.54) is 11.3 Å². The summed E-state index contributed by atoms with van der Waals surface area (Å²) in [5.74, 6) is -3.30. The van der Waals surface area contributed by atoms with Crippen LogP contribution >= 0.6 is 0 Å². The number of primary amides is 1. The van der Waals surface area contributed by atoms with Crippen LogP contribution in [0.5, 0.6) is 0 Å². The Kier molecular flexibility index (Phi) is 17.8. The summed E-state index contributed by atoms with van der Waals surface area (Å²) in [6.07, 6.45) is 9.51. The molecule has 0 spiro atoms. The number of amides is 5. The molecule has 8 atom stereocenters. The molecule has 5 amide bonds. The van der Waals surface area contributed by atoms with Crippen molar-refractivity contribution < 1.29 is 33.8 Å². The van der Waals surface area contributed by atoms with Crippen molar-refractivity contribution in [3.05, 3.63) is 0 Å². The van der Waals surface area contributed by atoms with Gasteiger partial charge in [-0.05, 0) is 51.4 Å². The van der Waals surface area contributed by atoms with Gasteiger partial charge in [-0.3, -0.25) is 24.0 Å². The number of likely N-dealkylation sites (N-methyl/N-ethyl adjacent to an activating group) is 1. The maximum Gasteiger partial charge on any atom is 0.243 e. The molecule has 2 aliphatic rings. The van der Waals surface area contributed by atoms with E-state index < -0.39 is 66.1 Å². The van der Waals surface area contributed by atoms with Crippen LogP contribution in [0, 0.1) is 23.7 Å². The summed E-state index contributed by atoms with van der Waals surface area (Å²) < 4.78 is 6.37. The summed E-state index contributed by atoms with van der Waals surface area (Å²) in [5, 5.41) is 18.2. The number of nitrogens with zero attached hydrogens (tertiary/aromatic N) is 1. The summed E-state index contributed by atoms with van der Waals surface area (Å²) >= 11 is 0. The van der Waals surface area contributed by atoms with Crippen LogP contribution in [0.3, 0.4) is 0 Å². The molecule has 2 aliphatic carbocycles. The van der Waals surface area contributed by atoms with Crippen LogP contribution in [0.4, 0.5) is 0 Å². The zero-order valence-corrected chi connectivity index (χ0v) is 30.2. The van der Waals surface area contributed by atoms with E-state index in [-0.39, 0.29) is 24.3 Å². The zero-order valence-electron chi connectivity index (χ0n) is 30.2. The molecule has 0 radical (unpaired) electrons. The Morgan fingerprint density at radius 3 is 1.94 bits per heavy atom. The van der Waals surface area contributed by atoms with Crippen molar-refractivity contribution in [1.82, 2.24) is 20.9 Å². The fourth-order valence-corrected chi connectivity index (χ4v) is 7.01. The van der Waals surface area contributed by atoms with Crippen molar-refractivity contribution in [3.63, 3.8) is 0 Å². The molecule has 8 N–H and O–H groups in total. The summed E-state index contributed by atoms with van der Waals surface area (Å²) in [4.78, 5) is 67.5. The highest BCUT2D eigenvalue weighted by Gasteiger charge is 2.38. The van der Waals surface area contributed by atoms with E-state index in [1.54, 1.807) is 34.7 Å². The van der Waals surface area contributed by atoms with Crippen LogP contribution in [0.1, 0.15) is 118 Å². The fourth-order valence-electron chi connectivity index (χ4n) is 7.01. The minimum absolute atomic E-state index is 0.127. The van der Waals surface area contributed by atoms with Crippen molar-refractivity contribution in [2.24, 2.45) is 35.1 Å². The third-order valence-corrected chi connectivity index (χ3v) is 10.4. The average molecular weight is 681 g/mol. The molecule has 13 nitrogen and oxygen atoms in total. The smallest absolute Gasteiger partial charge is 0.243 e. The Balaban J connectivity index is 2.26. The second kappa shape index (κ2) is 20.7. The van der Waals surface area contributed by atoms with Gasteiger partial charge in [0, 0.05) is 13.6 Å². The molecule has 0 aliphatic heterocycles. The molecule has 0 aromatic rings. The minimum Gasteiger partial charge on any atom is -0.393 e. The third-order valence-electron chi connectivity index (χ3n) is 10.4. The van der Waals surface area contributed by atoms with Gasteiger partial charge in [-0.1, -0.05) is 78.6 Å². The standard InChI is InChI=1S/C35H64N6O7/c1-7-14-28(33(45)40-30(26-17-12-9-13-18-26)34(46)39-27(20-36)31(37)43)41(6)35(47)22(3)29(19-25-15-10-8-11-16-25)48-24(5)38-32(44)21(2)23(4)42/h21-30,42H,7-20,36H2,1-6H3,(H2,37,43)(H,38,44)(H,39,46)(H,40,45)/t21-,22+,23-,24-,27-,28-,29+,30-/m0/s1. The fraction of sp³-hybridized carbons (Fsp3) is 0.857. The van der Waals surface area contributed by atoms with Gasteiger partial charge in [-0.2, -0.15) is 0 Å². The van der Waals surface area contributed by atoms with Crippen molar-refractivity contribution in [1.29, 1.82) is 0 Å². The molecule has 48 heavy (non-hydrogen) atoms. The molecular formula is C35H64N6O7. The Morgan fingerprint density at radius 1 is 0.833 bits per heavy atom. The number of nitrogens with two attached hydrogens (primary N) is 2. The summed E-state index contributed by atoms with van der Waals surface area (Å²) in [5.41, 5.74) is 11.1. The lowest BCUT2D eigenvalue weighted by atomic mass is 9.82. The van der Waals surface area contributed by atoms with Crippen molar-refractivity contribution in [3.8, 4) is 0 Å². The molecule has 0 saturated heterocycles. The number of aliphatic hydroxyl groups is 1. The van der Waals surface area contributed by atoms with Crippen LogP contribution in [-0.2, 0) is 28.7 Å². The Labute approximate surface area is 287 Å². The van der Waals surface area contributed by atoms with E-state index >= 15 is 0 Å². The Hall–Kier alpha value is -2.77. The third kappa shape index (κ3) is 12.6. The summed E-state index contributed by atoms with van der Waals surface area (Å²) in [7, 11) is 1.61. The predicted octanol–water partition coefficient (Wildman–Crippen LogP) is 2.08. The topological polar surface area (TPSA) is 206 Å². The quantitative estimate of drug-likeness (QED) is 0.111. The lowest BCUT2D eigenvalue weighted by molar-refractivity contribution is -0.150. The molecule has 2 saturated carbocycles. The molecule has 0 unspecified atom stereocenters. The van der Waals surface area contributed by atoms with Gasteiger partial charge in [-0.15, -0.1) is 0 Å². The SMILES string of the molecule is CCC[C@@H](C(=O)N[C@H](C(=O)N[C@@H](CN)C(N)=O)C1CCCCC1)N(C)C(=O)[C@H](C)[C@@H](CC1CCCCC1)O[C@@H](C)NC(=O)[C@@H](C)[C@H](C)O. The number of carbonyl (C=O) groups is 5. The van der Waals surface area contributed by atoms with Gasteiger partial charge >= 0.3 is 0 Å². The summed E-state index contributed by atoms with van der Waals surface area (Å²) in [6, 6.07) is -2.80. The van der Waals surface area contributed by atoms with Gasteiger partial charge in [0.05, 0.1) is 24.0 Å². The number of aliphatic hydroxyl groups excluding tert-OH is 1. The van der Waals surface area contributed by atoms with Gasteiger partial charge in [0.15, 0.2) is 0 Å². The van der Waals surface area contributed by atoms with Crippen LogP contribution in [0.2, 0.25) is 0 Å². The first-order valence-corrected chi connectivity index (χ1v) is 18.2. The van der Waals surface area contributed by atoms with Gasteiger partial charge in [0.2, 0.25) is 29.5 Å². The molecule has 0 bridgehead atoms. The van der Waals surface area contributed by atoms with Gasteiger partial charge < -0.3 is 42.2 Å². The van der Waals surface area contributed by atoms with Crippen LogP contribution in [-0.4, -0.2) is 89.7 Å². The van der Waals surface area contributed by atoms with Gasteiger partial charge in [-0.25, -0.2) is 0 Å². The van der Waals surface area contributed by atoms with E-state index in [2.05, 4.69) is 16.0 Å². The molecule has 0 heterocycles. The minimum atomic E-state index is -1.06. The van der Waals surface area contributed by atoms with Crippen molar-refractivity contribution >= 4 is 29.5 Å². The highest BCUT2D eigenvalue weighted by molar-refractivity contribution is 5.94. The zero-order chi connectivity index (χ0) is 36.0. The number of hydrogen-bond donors (Lipinski definition) is 6. The van der Waals surface area contributed by atoms with Crippen LogP contribution < -0.4 is 27.4 Å². The largest absolute Gasteiger partial charge is 0.393 e. The highest BCUT2D eigenvalue weighted by Crippen LogP contribution is 2.31. The molecule has 2 rings (SSSR count). The second-order valence-corrected chi connectivity index (χ2v) is 14.2. The first kappa shape index (κ1) is 41.4. The van der Waals surface area contributed by atoms with E-state index in [9.17, 15) is 29.1 Å². The molecule has 276 valence electrons. The monoisotopic (exact) mass is 680 g/mol. The predicted molar refractivity (Wildman–Crippen MR) is 184 cm³/mol. The molecule has 0 aromatic carbocycles. The maximum atomic E-state index is 14.1. The first-order valence-electron chi connectivity index (χ1n) is 18.2. The molecule has 13 heteroatoms. The van der Waals surface area contributed by atoms with Gasteiger partial charge in [0.1, 0.15) is 24.4 Å². The van der Waals surface area contributed by atoms with Crippen LogP contribution in [0.15, 0.2) is 0 Å². The Bertz CT molecular complexity index is 1050. The van der Waals surface area contributed by atoms with Crippen molar-refractivity contribution in [2.45, 2.75) is 155 Å². The highest BCUT2D eigenvalue weighted by atomic mass is 16.5. The number of ether oxygens (including phenoxy) is 1. The molecule has 0 aromatic heterocycles. The average Bonchev–Trinajstić information content (AvgIpc) is 3.07. The van der Waals surface area contributed by atoms with Crippen LogP contribution in [0.25, 0.3) is 0 Å². The summed E-state index contributed by atoms with van der Waals surface area (Å²) in [6.45, 7) is 8.49. The number of hydrogen-bond acceptors (Lipinski definition) is 8. The number of carbonyl (C=O) groups excluding carboxylic acids is 5. The van der Waals surface area contributed by atoms with E-state index in [1.807, 2.05) is 6.92 Å². The molecule has 2 fully saturated rings. The van der Waals surface area contributed by atoms with Crippen molar-refractivity contribution in [2.75, 3.05) is 13.6 Å². The lowest BCUT2D eigenvalue weighted by Crippen LogP contribution is -2.60. The van der Waals surface area contributed by atoms with E-state index in [4.69, 9.17) is 16.2 Å². The van der Waals surface area contributed by atoms with Gasteiger partial charge in [0.25, 0.3) is 0 Å². The first-order chi connectivity index (χ1) is 22.7. The van der Waals surface area contributed by atoms with E-state index in [0.29, 0.717) is 25.2 Å². The Morgan fingerprint density at radius 2 is 1.42 bits per heavy atom. The second-order valence-electron chi connectivity index (χ2n) is 14.2. The number of rotatable bonds is 19. The van der Waals surface area contributed by atoms with E-state index in [0.717, 1.165) is 57.8 Å². The number of nitrogens with one attached hydrogen (secondary N) is 3.